The molecule has 1 unspecified atom stereocenters. The van der Waals surface area contributed by atoms with Crippen LogP contribution in [-0.4, -0.2) is 12.5 Å². The maximum Gasteiger partial charge on any atom is 0.224 e. The molecule has 0 saturated heterocycles. The van der Waals surface area contributed by atoms with Crippen molar-refractivity contribution in [2.45, 2.75) is 40.0 Å². The molecule has 4 heteroatoms. The topological polar surface area (TPSA) is 55.1 Å². The predicted octanol–water partition coefficient (Wildman–Crippen LogP) is 4.07. The molecule has 0 radical (unpaired) electrons. The molecule has 0 heterocycles. The monoisotopic (exact) mass is 296 g/mol. The maximum absolute atomic E-state index is 12.0. The number of nitrogens with one attached hydrogen (secondary N) is 1. The van der Waals surface area contributed by atoms with Crippen molar-refractivity contribution in [1.29, 1.82) is 0 Å². The zero-order valence-corrected chi connectivity index (χ0v) is 13.3. The van der Waals surface area contributed by atoms with Crippen LogP contribution in [0.4, 0.5) is 5.69 Å². The first kappa shape index (κ1) is 17.0. The van der Waals surface area contributed by atoms with Gasteiger partial charge in [-0.3, -0.25) is 4.79 Å². The van der Waals surface area contributed by atoms with Gasteiger partial charge in [0.15, 0.2) is 0 Å². The highest BCUT2D eigenvalue weighted by atomic mass is 35.5. The van der Waals surface area contributed by atoms with E-state index in [1.807, 2.05) is 12.1 Å². The lowest BCUT2D eigenvalue weighted by atomic mass is 9.76. The molecule has 1 amide bonds. The third-order valence-corrected chi connectivity index (χ3v) is 3.94. The molecule has 3 N–H and O–H groups in total. The number of hydrogen-bond acceptors (Lipinski definition) is 2. The largest absolute Gasteiger partial charge is 0.330 e. The van der Waals surface area contributed by atoms with Gasteiger partial charge < -0.3 is 11.1 Å². The van der Waals surface area contributed by atoms with Crippen LogP contribution in [-0.2, 0) is 4.79 Å². The molecular weight excluding hydrogens is 272 g/mol. The Kier molecular flexibility index (Phi) is 6.50. The van der Waals surface area contributed by atoms with Gasteiger partial charge in [-0.15, -0.1) is 0 Å². The molecule has 0 aliphatic heterocycles. The van der Waals surface area contributed by atoms with E-state index in [0.29, 0.717) is 29.6 Å². The van der Waals surface area contributed by atoms with Gasteiger partial charge in [0.2, 0.25) is 5.91 Å². The summed E-state index contributed by atoms with van der Waals surface area (Å²) in [5.41, 5.74) is 6.50. The lowest BCUT2D eigenvalue weighted by molar-refractivity contribution is -0.116. The number of para-hydroxylation sites is 1. The first-order valence-electron chi connectivity index (χ1n) is 7.09. The van der Waals surface area contributed by atoms with Gasteiger partial charge in [-0.1, -0.05) is 44.5 Å². The fraction of sp³-hybridized carbons (Fsp3) is 0.562. The van der Waals surface area contributed by atoms with E-state index < -0.39 is 0 Å². The fourth-order valence-electron chi connectivity index (χ4n) is 2.29. The molecular formula is C16H25ClN2O. The average molecular weight is 297 g/mol. The normalized spacial score (nSPS) is 13.1. The number of hydrogen-bond donors (Lipinski definition) is 2. The van der Waals surface area contributed by atoms with Crippen LogP contribution in [0.15, 0.2) is 24.3 Å². The van der Waals surface area contributed by atoms with Gasteiger partial charge in [0, 0.05) is 6.42 Å². The number of rotatable bonds is 6. The Labute approximate surface area is 126 Å². The zero-order valence-electron chi connectivity index (χ0n) is 12.6. The van der Waals surface area contributed by atoms with Crippen LogP contribution < -0.4 is 11.1 Å². The van der Waals surface area contributed by atoms with E-state index in [0.717, 1.165) is 12.8 Å². The second-order valence-electron chi connectivity index (χ2n) is 6.21. The van der Waals surface area contributed by atoms with Crippen molar-refractivity contribution in [1.82, 2.24) is 0 Å². The van der Waals surface area contributed by atoms with Gasteiger partial charge in [-0.2, -0.15) is 0 Å². The standard InChI is InChI=1S/C16H25ClN2O/c1-16(2,3)12(10-11-18)8-9-15(20)19-14-7-5-4-6-13(14)17/h4-7,12H,8-11,18H2,1-3H3,(H,19,20). The van der Waals surface area contributed by atoms with Crippen LogP contribution in [0.1, 0.15) is 40.0 Å². The molecule has 0 aliphatic carbocycles. The Balaban J connectivity index is 2.52. The minimum Gasteiger partial charge on any atom is -0.330 e. The summed E-state index contributed by atoms with van der Waals surface area (Å²) in [6, 6.07) is 7.27. The van der Waals surface area contributed by atoms with Crippen molar-refractivity contribution in [3.05, 3.63) is 29.3 Å². The van der Waals surface area contributed by atoms with E-state index in [2.05, 4.69) is 26.1 Å². The van der Waals surface area contributed by atoms with E-state index in [1.165, 1.54) is 0 Å². The van der Waals surface area contributed by atoms with E-state index in [4.69, 9.17) is 17.3 Å². The Morgan fingerprint density at radius 2 is 1.95 bits per heavy atom. The summed E-state index contributed by atoms with van der Waals surface area (Å²) in [6.45, 7) is 7.24. The second-order valence-corrected chi connectivity index (χ2v) is 6.61. The molecule has 1 rings (SSSR count). The minimum atomic E-state index is 0.00405. The van der Waals surface area contributed by atoms with Crippen molar-refractivity contribution < 1.29 is 4.79 Å². The molecule has 3 nitrogen and oxygen atoms in total. The molecule has 0 fully saturated rings. The summed E-state index contributed by atoms with van der Waals surface area (Å²) < 4.78 is 0. The van der Waals surface area contributed by atoms with Gasteiger partial charge in [-0.05, 0) is 42.9 Å². The van der Waals surface area contributed by atoms with Crippen LogP contribution in [0, 0.1) is 11.3 Å². The number of anilines is 1. The highest BCUT2D eigenvalue weighted by molar-refractivity contribution is 6.33. The lowest BCUT2D eigenvalue weighted by Crippen LogP contribution is -2.25. The quantitative estimate of drug-likeness (QED) is 0.831. The highest BCUT2D eigenvalue weighted by Gasteiger charge is 2.24. The SMILES string of the molecule is CC(C)(C)C(CCN)CCC(=O)Nc1ccccc1Cl. The molecule has 0 bridgehead atoms. The summed E-state index contributed by atoms with van der Waals surface area (Å²) in [7, 11) is 0. The highest BCUT2D eigenvalue weighted by Crippen LogP contribution is 2.32. The minimum absolute atomic E-state index is 0.00405. The van der Waals surface area contributed by atoms with E-state index in [1.54, 1.807) is 12.1 Å². The third kappa shape index (κ3) is 5.51. The fourth-order valence-corrected chi connectivity index (χ4v) is 2.48. The maximum atomic E-state index is 12.0. The van der Waals surface area contributed by atoms with E-state index in [9.17, 15) is 4.79 Å². The Bertz CT molecular complexity index is 440. The molecule has 0 aromatic heterocycles. The van der Waals surface area contributed by atoms with Crippen LogP contribution >= 0.6 is 11.6 Å². The summed E-state index contributed by atoms with van der Waals surface area (Å²) in [6.07, 6.45) is 2.28. The molecule has 1 aromatic carbocycles. The van der Waals surface area contributed by atoms with Crippen LogP contribution in [0.3, 0.4) is 0 Å². The number of carbonyl (C=O) groups excluding carboxylic acids is 1. The molecule has 1 atom stereocenters. The third-order valence-electron chi connectivity index (χ3n) is 3.61. The number of halogens is 1. The van der Waals surface area contributed by atoms with Gasteiger partial charge in [-0.25, -0.2) is 0 Å². The Morgan fingerprint density at radius 3 is 2.50 bits per heavy atom. The zero-order chi connectivity index (χ0) is 15.2. The van der Waals surface area contributed by atoms with E-state index >= 15 is 0 Å². The van der Waals surface area contributed by atoms with Gasteiger partial charge in [0.05, 0.1) is 10.7 Å². The number of nitrogens with two attached hydrogens (primary N) is 1. The first-order chi connectivity index (χ1) is 9.34. The Hall–Kier alpha value is -1.06. The van der Waals surface area contributed by atoms with Crippen molar-refractivity contribution in [2.75, 3.05) is 11.9 Å². The van der Waals surface area contributed by atoms with E-state index in [-0.39, 0.29) is 11.3 Å². The van der Waals surface area contributed by atoms with Crippen molar-refractivity contribution in [3.8, 4) is 0 Å². The first-order valence-corrected chi connectivity index (χ1v) is 7.47. The van der Waals surface area contributed by atoms with Gasteiger partial charge in [0.1, 0.15) is 0 Å². The second kappa shape index (κ2) is 7.65. The molecule has 20 heavy (non-hydrogen) atoms. The Morgan fingerprint density at radius 1 is 1.30 bits per heavy atom. The summed E-state index contributed by atoms with van der Waals surface area (Å²) in [5.74, 6) is 0.453. The molecule has 112 valence electrons. The lowest BCUT2D eigenvalue weighted by Gasteiger charge is -2.30. The summed E-state index contributed by atoms with van der Waals surface area (Å²) in [4.78, 5) is 12.0. The summed E-state index contributed by atoms with van der Waals surface area (Å²) in [5, 5.41) is 3.42. The molecule has 0 aliphatic rings. The number of amides is 1. The van der Waals surface area contributed by atoms with Crippen molar-refractivity contribution in [3.63, 3.8) is 0 Å². The predicted molar refractivity (Wildman–Crippen MR) is 85.9 cm³/mol. The van der Waals surface area contributed by atoms with Crippen molar-refractivity contribution >= 4 is 23.2 Å². The van der Waals surface area contributed by atoms with Crippen LogP contribution in [0.25, 0.3) is 0 Å². The molecule has 1 aromatic rings. The smallest absolute Gasteiger partial charge is 0.224 e. The molecule has 0 spiro atoms. The average Bonchev–Trinajstić information content (AvgIpc) is 2.36. The van der Waals surface area contributed by atoms with Crippen LogP contribution in [0.5, 0.6) is 0 Å². The van der Waals surface area contributed by atoms with Crippen LogP contribution in [0.2, 0.25) is 5.02 Å². The number of carbonyl (C=O) groups is 1. The van der Waals surface area contributed by atoms with Gasteiger partial charge >= 0.3 is 0 Å². The summed E-state index contributed by atoms with van der Waals surface area (Å²) >= 11 is 6.02. The van der Waals surface area contributed by atoms with Gasteiger partial charge in [0.25, 0.3) is 0 Å². The molecule has 0 saturated carbocycles. The number of benzene rings is 1. The van der Waals surface area contributed by atoms with Crippen molar-refractivity contribution in [2.24, 2.45) is 17.1 Å².